The van der Waals surface area contributed by atoms with Crippen molar-refractivity contribution in [2.75, 3.05) is 0 Å². The zero-order chi connectivity index (χ0) is 19.3. The van der Waals surface area contributed by atoms with Crippen molar-refractivity contribution in [1.29, 1.82) is 5.26 Å². The molecular formula is C23H17N3O2. The first-order valence-corrected chi connectivity index (χ1v) is 8.84. The van der Waals surface area contributed by atoms with Crippen molar-refractivity contribution < 1.29 is 9.15 Å². The highest BCUT2D eigenvalue weighted by molar-refractivity contribution is 5.65. The van der Waals surface area contributed by atoms with Gasteiger partial charge in [0.2, 0.25) is 5.89 Å². The van der Waals surface area contributed by atoms with Crippen LogP contribution in [0.5, 0.6) is 5.75 Å². The van der Waals surface area contributed by atoms with Crippen LogP contribution in [0.4, 0.5) is 0 Å². The Bertz CT molecular complexity index is 1110. The van der Waals surface area contributed by atoms with E-state index in [1.54, 1.807) is 12.1 Å². The molecule has 5 heteroatoms. The second-order valence-corrected chi connectivity index (χ2v) is 6.37. The summed E-state index contributed by atoms with van der Waals surface area (Å²) in [6.07, 6.45) is 0. The molecule has 3 aromatic carbocycles. The lowest BCUT2D eigenvalue weighted by Crippen LogP contribution is -1.95. The molecular weight excluding hydrogens is 350 g/mol. The first-order chi connectivity index (χ1) is 13.7. The molecule has 0 bridgehead atoms. The number of nitrogens with zero attached hydrogens (tertiary/aromatic N) is 3. The van der Waals surface area contributed by atoms with Gasteiger partial charge in [-0.05, 0) is 54.4 Å². The molecule has 0 aliphatic heterocycles. The van der Waals surface area contributed by atoms with Gasteiger partial charge in [0.25, 0.3) is 5.89 Å². The summed E-state index contributed by atoms with van der Waals surface area (Å²) in [5.41, 5.74) is 4.81. The normalized spacial score (nSPS) is 10.4. The molecule has 1 aromatic heterocycles. The maximum absolute atomic E-state index is 8.88. The standard InChI is InChI=1S/C23H17N3O2/c1-16-2-6-20(7-3-16)23-26-25-22(28-23)15-27-21-12-10-19(11-13-21)18-8-4-17(14-24)5-9-18/h2-13H,15H2,1H3. The molecule has 0 N–H and O–H groups in total. The van der Waals surface area contributed by atoms with Gasteiger partial charge in [-0.3, -0.25) is 0 Å². The molecule has 5 nitrogen and oxygen atoms in total. The van der Waals surface area contributed by atoms with Gasteiger partial charge in [0.05, 0.1) is 11.6 Å². The smallest absolute Gasteiger partial charge is 0.254 e. The van der Waals surface area contributed by atoms with Crippen LogP contribution in [0.1, 0.15) is 17.0 Å². The fourth-order valence-corrected chi connectivity index (χ4v) is 2.75. The Labute approximate surface area is 162 Å². The summed E-state index contributed by atoms with van der Waals surface area (Å²) in [6.45, 7) is 2.23. The van der Waals surface area contributed by atoms with Crippen molar-refractivity contribution in [3.8, 4) is 34.4 Å². The van der Waals surface area contributed by atoms with E-state index >= 15 is 0 Å². The average molecular weight is 367 g/mol. The molecule has 28 heavy (non-hydrogen) atoms. The molecule has 0 atom stereocenters. The summed E-state index contributed by atoms with van der Waals surface area (Å²) in [7, 11) is 0. The van der Waals surface area contributed by atoms with E-state index < -0.39 is 0 Å². The monoisotopic (exact) mass is 367 g/mol. The van der Waals surface area contributed by atoms with E-state index in [1.807, 2.05) is 67.6 Å². The Morgan fingerprint density at radius 1 is 0.821 bits per heavy atom. The van der Waals surface area contributed by atoms with E-state index in [2.05, 4.69) is 16.3 Å². The lowest BCUT2D eigenvalue weighted by Gasteiger charge is -2.06. The Morgan fingerprint density at radius 2 is 1.43 bits per heavy atom. The topological polar surface area (TPSA) is 71.9 Å². The van der Waals surface area contributed by atoms with Crippen molar-refractivity contribution in [1.82, 2.24) is 10.2 Å². The maximum Gasteiger partial charge on any atom is 0.254 e. The molecule has 1 heterocycles. The largest absolute Gasteiger partial charge is 0.484 e. The quantitative estimate of drug-likeness (QED) is 0.487. The summed E-state index contributed by atoms with van der Waals surface area (Å²) < 4.78 is 11.4. The van der Waals surface area contributed by atoms with Crippen LogP contribution >= 0.6 is 0 Å². The third-order valence-corrected chi connectivity index (χ3v) is 4.33. The van der Waals surface area contributed by atoms with Crippen LogP contribution in [-0.2, 0) is 6.61 Å². The molecule has 0 saturated carbocycles. The number of benzene rings is 3. The number of aryl methyl sites for hydroxylation is 1. The van der Waals surface area contributed by atoms with Crippen molar-refractivity contribution in [2.45, 2.75) is 13.5 Å². The van der Waals surface area contributed by atoms with Crippen LogP contribution in [0.25, 0.3) is 22.6 Å². The molecule has 0 aliphatic rings. The predicted octanol–water partition coefficient (Wildman–Crippen LogP) is 5.16. The average Bonchev–Trinajstić information content (AvgIpc) is 3.22. The Kier molecular flexibility index (Phi) is 4.85. The van der Waals surface area contributed by atoms with Gasteiger partial charge in [-0.2, -0.15) is 5.26 Å². The Hall–Kier alpha value is -3.91. The fourth-order valence-electron chi connectivity index (χ4n) is 2.75. The number of nitriles is 1. The molecule has 0 radical (unpaired) electrons. The molecule has 0 spiro atoms. The van der Waals surface area contributed by atoms with Gasteiger partial charge in [-0.15, -0.1) is 10.2 Å². The van der Waals surface area contributed by atoms with Gasteiger partial charge < -0.3 is 9.15 Å². The third-order valence-electron chi connectivity index (χ3n) is 4.33. The zero-order valence-electron chi connectivity index (χ0n) is 15.3. The molecule has 0 fully saturated rings. The second-order valence-electron chi connectivity index (χ2n) is 6.37. The first-order valence-electron chi connectivity index (χ1n) is 8.84. The van der Waals surface area contributed by atoms with Crippen LogP contribution in [-0.4, -0.2) is 10.2 Å². The van der Waals surface area contributed by atoms with E-state index in [-0.39, 0.29) is 6.61 Å². The molecule has 0 saturated heterocycles. The summed E-state index contributed by atoms with van der Waals surface area (Å²) in [5.74, 6) is 1.62. The van der Waals surface area contributed by atoms with Crippen molar-refractivity contribution in [2.24, 2.45) is 0 Å². The zero-order valence-corrected chi connectivity index (χ0v) is 15.3. The maximum atomic E-state index is 8.88. The minimum absolute atomic E-state index is 0.203. The lowest BCUT2D eigenvalue weighted by molar-refractivity contribution is 0.264. The van der Waals surface area contributed by atoms with Crippen molar-refractivity contribution in [3.05, 3.63) is 89.8 Å². The van der Waals surface area contributed by atoms with E-state index in [9.17, 15) is 0 Å². The minimum Gasteiger partial charge on any atom is -0.484 e. The van der Waals surface area contributed by atoms with Gasteiger partial charge in [-0.1, -0.05) is 42.0 Å². The van der Waals surface area contributed by atoms with Gasteiger partial charge in [0.1, 0.15) is 5.75 Å². The summed E-state index contributed by atoms with van der Waals surface area (Å²) in [5, 5.41) is 17.0. The SMILES string of the molecule is Cc1ccc(-c2nnc(COc3ccc(-c4ccc(C#N)cc4)cc3)o2)cc1. The van der Waals surface area contributed by atoms with Crippen LogP contribution in [0.15, 0.2) is 77.2 Å². The fraction of sp³-hybridized carbons (Fsp3) is 0.0870. The second kappa shape index (κ2) is 7.77. The van der Waals surface area contributed by atoms with Crippen LogP contribution < -0.4 is 4.74 Å². The number of hydrogen-bond donors (Lipinski definition) is 0. The highest BCUT2D eigenvalue weighted by atomic mass is 16.5. The van der Waals surface area contributed by atoms with E-state index in [4.69, 9.17) is 14.4 Å². The minimum atomic E-state index is 0.203. The summed E-state index contributed by atoms with van der Waals surface area (Å²) >= 11 is 0. The third kappa shape index (κ3) is 3.92. The van der Waals surface area contributed by atoms with E-state index in [0.29, 0.717) is 23.1 Å². The predicted molar refractivity (Wildman–Crippen MR) is 105 cm³/mol. The molecule has 4 aromatic rings. The van der Waals surface area contributed by atoms with Crippen molar-refractivity contribution in [3.63, 3.8) is 0 Å². The number of hydrogen-bond acceptors (Lipinski definition) is 5. The van der Waals surface area contributed by atoms with Gasteiger partial charge in [-0.25, -0.2) is 0 Å². The highest BCUT2D eigenvalue weighted by Gasteiger charge is 2.09. The number of aromatic nitrogens is 2. The van der Waals surface area contributed by atoms with Gasteiger partial charge in [0, 0.05) is 5.56 Å². The molecule has 4 rings (SSSR count). The Morgan fingerprint density at radius 3 is 2.07 bits per heavy atom. The molecule has 136 valence electrons. The summed E-state index contributed by atoms with van der Waals surface area (Å²) in [6, 6.07) is 25.2. The van der Waals surface area contributed by atoms with E-state index in [0.717, 1.165) is 16.7 Å². The number of ether oxygens (including phenoxy) is 1. The molecule has 0 amide bonds. The van der Waals surface area contributed by atoms with Gasteiger partial charge in [0.15, 0.2) is 6.61 Å². The highest BCUT2D eigenvalue weighted by Crippen LogP contribution is 2.24. The van der Waals surface area contributed by atoms with E-state index in [1.165, 1.54) is 5.56 Å². The van der Waals surface area contributed by atoms with Crippen LogP contribution in [0, 0.1) is 18.3 Å². The lowest BCUT2D eigenvalue weighted by atomic mass is 10.0. The Balaban J connectivity index is 1.40. The number of rotatable bonds is 5. The first kappa shape index (κ1) is 17.5. The van der Waals surface area contributed by atoms with Crippen LogP contribution in [0.3, 0.4) is 0 Å². The summed E-state index contributed by atoms with van der Waals surface area (Å²) in [4.78, 5) is 0. The molecule has 0 unspecified atom stereocenters. The van der Waals surface area contributed by atoms with Crippen molar-refractivity contribution >= 4 is 0 Å². The molecule has 0 aliphatic carbocycles. The van der Waals surface area contributed by atoms with Gasteiger partial charge >= 0.3 is 0 Å². The van der Waals surface area contributed by atoms with Crippen LogP contribution in [0.2, 0.25) is 0 Å².